The van der Waals surface area contributed by atoms with Crippen molar-refractivity contribution in [1.29, 1.82) is 0 Å². The Bertz CT molecular complexity index is 1590. The van der Waals surface area contributed by atoms with Gasteiger partial charge in [0.05, 0.1) is 12.1 Å². The molecule has 3 aromatic heterocycles. The number of anilines is 1. The molecular formula is C26H24BrFN8O3. The van der Waals surface area contributed by atoms with Gasteiger partial charge in [0.1, 0.15) is 46.4 Å². The Balaban J connectivity index is 1.43. The summed E-state index contributed by atoms with van der Waals surface area (Å²) in [6, 6.07) is 9.53. The van der Waals surface area contributed by atoms with E-state index in [0.717, 1.165) is 11.1 Å². The van der Waals surface area contributed by atoms with E-state index < -0.39 is 24.0 Å². The molecule has 2 atom stereocenters. The van der Waals surface area contributed by atoms with Crippen molar-refractivity contribution in [3.05, 3.63) is 64.9 Å². The highest BCUT2D eigenvalue weighted by Crippen LogP contribution is 2.28. The number of rotatable bonds is 6. The summed E-state index contributed by atoms with van der Waals surface area (Å²) in [6.07, 6.45) is 1.96. The van der Waals surface area contributed by atoms with Crippen LogP contribution in [0, 0.1) is 6.92 Å². The van der Waals surface area contributed by atoms with Crippen molar-refractivity contribution in [2.45, 2.75) is 39.0 Å². The maximum atomic E-state index is 14.5. The lowest BCUT2D eigenvalue weighted by molar-refractivity contribution is -0.137. The molecule has 0 radical (unpaired) electrons. The molecular weight excluding hydrogens is 571 g/mol. The van der Waals surface area contributed by atoms with Gasteiger partial charge < -0.3 is 15.4 Å². The zero-order chi connectivity index (χ0) is 27.7. The number of hydrogen-bond donors (Lipinski definition) is 2. The van der Waals surface area contributed by atoms with Crippen LogP contribution in [0.15, 0.2) is 58.6 Å². The van der Waals surface area contributed by atoms with Crippen molar-refractivity contribution in [3.63, 3.8) is 0 Å². The molecule has 4 aromatic rings. The number of aryl methyl sites for hydroxylation is 1. The maximum absolute atomic E-state index is 14.5. The summed E-state index contributed by atoms with van der Waals surface area (Å²) in [7, 11) is 0. The first kappa shape index (κ1) is 26.4. The zero-order valence-corrected chi connectivity index (χ0v) is 22.6. The predicted molar refractivity (Wildman–Crippen MR) is 145 cm³/mol. The lowest BCUT2D eigenvalue weighted by Gasteiger charge is -2.23. The Morgan fingerprint density at radius 3 is 2.69 bits per heavy atom. The number of hydrogen-bond acceptors (Lipinski definition) is 8. The minimum atomic E-state index is -1.34. The largest absolute Gasteiger partial charge is 0.411 e. The Morgan fingerprint density at radius 2 is 1.97 bits per heavy atom. The van der Waals surface area contributed by atoms with Crippen LogP contribution in [0.25, 0.3) is 22.0 Å². The normalized spacial score (nSPS) is 17.5. The monoisotopic (exact) mass is 594 g/mol. The number of nitrogens with zero attached hydrogens (tertiary/aromatic N) is 7. The second-order valence-electron chi connectivity index (χ2n) is 9.17. The number of likely N-dealkylation sites (tertiary alicyclic amines) is 1. The number of aromatic nitrogens is 5. The molecule has 39 heavy (non-hydrogen) atoms. The number of oxime groups is 1. The predicted octanol–water partition coefficient (Wildman–Crippen LogP) is 3.74. The van der Waals surface area contributed by atoms with Crippen LogP contribution < -0.4 is 5.32 Å². The summed E-state index contributed by atoms with van der Waals surface area (Å²) >= 11 is 3.25. The molecule has 4 heterocycles. The van der Waals surface area contributed by atoms with Crippen LogP contribution in [-0.4, -0.2) is 71.1 Å². The minimum Gasteiger partial charge on any atom is -0.411 e. The molecule has 2 amide bonds. The van der Waals surface area contributed by atoms with Crippen molar-refractivity contribution < 1.29 is 19.2 Å². The van der Waals surface area contributed by atoms with Gasteiger partial charge in [-0.2, -0.15) is 5.10 Å². The van der Waals surface area contributed by atoms with Crippen molar-refractivity contribution >= 4 is 50.2 Å². The number of nitrogens with one attached hydrogen (secondary N) is 1. The molecule has 1 aliphatic heterocycles. The summed E-state index contributed by atoms with van der Waals surface area (Å²) in [5, 5.41) is 20.6. The third-order valence-electron chi connectivity index (χ3n) is 6.48. The van der Waals surface area contributed by atoms with Gasteiger partial charge in [0, 0.05) is 29.8 Å². The second kappa shape index (κ2) is 10.8. The second-order valence-corrected chi connectivity index (χ2v) is 9.98. The average molecular weight is 595 g/mol. The van der Waals surface area contributed by atoms with Crippen molar-refractivity contribution in [2.75, 3.05) is 11.9 Å². The van der Waals surface area contributed by atoms with Crippen LogP contribution in [0.1, 0.15) is 24.9 Å². The molecule has 0 bridgehead atoms. The molecule has 0 saturated carbocycles. The van der Waals surface area contributed by atoms with Crippen LogP contribution in [0.3, 0.4) is 0 Å². The van der Waals surface area contributed by atoms with E-state index in [1.54, 1.807) is 50.5 Å². The average Bonchev–Trinajstić information content (AvgIpc) is 3.49. The molecule has 0 aliphatic carbocycles. The first-order chi connectivity index (χ1) is 18.7. The maximum Gasteiger partial charge on any atom is 0.248 e. The van der Waals surface area contributed by atoms with Gasteiger partial charge >= 0.3 is 0 Å². The third-order valence-corrected chi connectivity index (χ3v) is 6.92. The van der Waals surface area contributed by atoms with Crippen molar-refractivity contribution in [3.8, 4) is 11.1 Å². The Hall–Kier alpha value is -4.26. The SMILES string of the molecule is C/C(=N\O)c1nn(CC(=O)N2C[C@H](F)C[C@H]2C(=O)Nc2cccc(Br)n2)c2ccc(-c3cnc(C)nc3)cc12. The standard InChI is InChI=1S/C26H24BrFN8O3/c1-14(34-39)25-19-8-16(17-10-29-15(2)30-11-17)6-7-20(19)36(33-25)13-24(37)35-12-18(28)9-21(35)26(38)32-23-5-3-4-22(27)31-23/h3-8,10-11,18,21,39H,9,12-13H2,1-2H3,(H,31,32,38)/b34-14+/t18-,21+/m1/s1. The Kier molecular flexibility index (Phi) is 7.33. The van der Waals surface area contributed by atoms with E-state index in [2.05, 4.69) is 46.5 Å². The van der Waals surface area contributed by atoms with Crippen LogP contribution in [0.4, 0.5) is 10.2 Å². The zero-order valence-electron chi connectivity index (χ0n) is 21.0. The number of halogens is 2. The lowest BCUT2D eigenvalue weighted by atomic mass is 10.0. The van der Waals surface area contributed by atoms with Crippen LogP contribution in [0.2, 0.25) is 0 Å². The van der Waals surface area contributed by atoms with E-state index in [0.29, 0.717) is 32.8 Å². The summed E-state index contributed by atoms with van der Waals surface area (Å²) in [5.41, 5.74) is 2.85. The first-order valence-corrected chi connectivity index (χ1v) is 12.9. The quantitative estimate of drug-likeness (QED) is 0.150. The minimum absolute atomic E-state index is 0.116. The van der Waals surface area contributed by atoms with E-state index in [1.165, 1.54) is 9.58 Å². The number of benzene rings is 1. The van der Waals surface area contributed by atoms with Gasteiger partial charge in [0.15, 0.2) is 0 Å². The number of amides is 2. The molecule has 0 spiro atoms. The first-order valence-electron chi connectivity index (χ1n) is 12.1. The van der Waals surface area contributed by atoms with Crippen molar-refractivity contribution in [2.24, 2.45) is 5.16 Å². The van der Waals surface area contributed by atoms with Gasteiger partial charge in [-0.15, -0.1) is 0 Å². The lowest BCUT2D eigenvalue weighted by Crippen LogP contribution is -2.44. The smallest absolute Gasteiger partial charge is 0.248 e. The highest BCUT2D eigenvalue weighted by atomic mass is 79.9. The van der Waals surface area contributed by atoms with Gasteiger partial charge in [-0.1, -0.05) is 17.3 Å². The van der Waals surface area contributed by atoms with Gasteiger partial charge in [0.25, 0.3) is 0 Å². The van der Waals surface area contributed by atoms with E-state index in [4.69, 9.17) is 0 Å². The summed E-state index contributed by atoms with van der Waals surface area (Å²) in [6.45, 7) is 2.95. The van der Waals surface area contributed by atoms with E-state index in [9.17, 15) is 19.2 Å². The fourth-order valence-electron chi connectivity index (χ4n) is 4.55. The molecule has 11 nitrogen and oxygen atoms in total. The molecule has 0 unspecified atom stereocenters. The topological polar surface area (TPSA) is 138 Å². The number of fused-ring (bicyclic) bond motifs is 1. The molecule has 13 heteroatoms. The fourth-order valence-corrected chi connectivity index (χ4v) is 4.89. The Morgan fingerprint density at radius 1 is 1.21 bits per heavy atom. The fraction of sp³-hybridized carbons (Fsp3) is 0.269. The van der Waals surface area contributed by atoms with Crippen LogP contribution in [0.5, 0.6) is 0 Å². The molecule has 1 aliphatic rings. The number of carbonyl (C=O) groups excluding carboxylic acids is 2. The Labute approximate surface area is 230 Å². The molecule has 2 N–H and O–H groups in total. The van der Waals surface area contributed by atoms with Gasteiger partial charge in [-0.25, -0.2) is 19.3 Å². The molecule has 5 rings (SSSR count). The van der Waals surface area contributed by atoms with E-state index in [1.807, 2.05) is 12.1 Å². The summed E-state index contributed by atoms with van der Waals surface area (Å²) in [5.74, 6) is -0.0517. The number of alkyl halides is 1. The summed E-state index contributed by atoms with van der Waals surface area (Å²) in [4.78, 5) is 40.3. The molecule has 200 valence electrons. The summed E-state index contributed by atoms with van der Waals surface area (Å²) < 4.78 is 16.4. The van der Waals surface area contributed by atoms with Crippen LogP contribution in [-0.2, 0) is 16.1 Å². The van der Waals surface area contributed by atoms with Gasteiger partial charge in [-0.3, -0.25) is 14.3 Å². The van der Waals surface area contributed by atoms with E-state index in [-0.39, 0.29) is 25.2 Å². The van der Waals surface area contributed by atoms with E-state index >= 15 is 0 Å². The highest BCUT2D eigenvalue weighted by Gasteiger charge is 2.40. The highest BCUT2D eigenvalue weighted by molar-refractivity contribution is 9.10. The molecule has 1 saturated heterocycles. The van der Waals surface area contributed by atoms with Crippen molar-refractivity contribution in [1.82, 2.24) is 29.6 Å². The van der Waals surface area contributed by atoms with Gasteiger partial charge in [-0.05, 0) is 59.6 Å². The molecule has 1 aromatic carbocycles. The molecule has 1 fully saturated rings. The third kappa shape index (κ3) is 5.48. The van der Waals surface area contributed by atoms with Crippen LogP contribution >= 0.6 is 15.9 Å². The number of pyridine rings is 1. The number of carbonyl (C=O) groups is 2. The van der Waals surface area contributed by atoms with Gasteiger partial charge in [0.2, 0.25) is 11.8 Å².